The highest BCUT2D eigenvalue weighted by Crippen LogP contribution is 2.60. The highest BCUT2D eigenvalue weighted by molar-refractivity contribution is 9.10. The number of rotatable bonds is 7. The van der Waals surface area contributed by atoms with Gasteiger partial charge < -0.3 is 4.74 Å². The Morgan fingerprint density at radius 2 is 1.71 bits per heavy atom. The van der Waals surface area contributed by atoms with Crippen molar-refractivity contribution >= 4 is 37.7 Å². The van der Waals surface area contributed by atoms with E-state index in [1.165, 1.54) is 31.4 Å². The fourth-order valence-corrected chi connectivity index (χ4v) is 7.24. The van der Waals surface area contributed by atoms with E-state index in [9.17, 15) is 18.0 Å². The molecule has 0 aliphatic heterocycles. The molecular weight excluding hydrogens is 446 g/mol. The van der Waals surface area contributed by atoms with Crippen LogP contribution in [0.25, 0.3) is 0 Å². The second-order valence-corrected chi connectivity index (χ2v) is 11.2. The summed E-state index contributed by atoms with van der Waals surface area (Å²) in [6, 6.07) is 6.20. The zero-order valence-corrected chi connectivity index (χ0v) is 17.9. The van der Waals surface area contributed by atoms with Gasteiger partial charge in [-0.2, -0.15) is 4.72 Å². The Labute approximate surface area is 173 Å². The lowest BCUT2D eigenvalue weighted by atomic mass is 9.48. The smallest absolute Gasteiger partial charge is 0.321 e. The number of hydrogen-bond acceptors (Lipinski definition) is 5. The third kappa shape index (κ3) is 4.04. The van der Waals surface area contributed by atoms with Crippen molar-refractivity contribution in [1.29, 1.82) is 0 Å². The molecule has 1 N–H and O–H groups in total. The van der Waals surface area contributed by atoms with Gasteiger partial charge in [-0.25, -0.2) is 8.42 Å². The normalized spacial score (nSPS) is 31.0. The number of esters is 1. The minimum absolute atomic E-state index is 0.00907. The van der Waals surface area contributed by atoms with Crippen LogP contribution in [0, 0.1) is 23.2 Å². The second kappa shape index (κ2) is 7.54. The van der Waals surface area contributed by atoms with Gasteiger partial charge in [-0.05, 0) is 74.5 Å². The summed E-state index contributed by atoms with van der Waals surface area (Å²) in [6.45, 7) is -0.757. The number of hydrogen-bond donors (Lipinski definition) is 1. The molecule has 1 aromatic rings. The van der Waals surface area contributed by atoms with Crippen LogP contribution in [0.1, 0.15) is 38.5 Å². The summed E-state index contributed by atoms with van der Waals surface area (Å²) in [5, 5.41) is 0. The molecule has 28 heavy (non-hydrogen) atoms. The monoisotopic (exact) mass is 469 g/mol. The zero-order valence-electron chi connectivity index (χ0n) is 15.5. The number of halogens is 1. The van der Waals surface area contributed by atoms with E-state index in [4.69, 9.17) is 4.74 Å². The van der Waals surface area contributed by atoms with Crippen molar-refractivity contribution in [2.75, 3.05) is 13.2 Å². The summed E-state index contributed by atoms with van der Waals surface area (Å²) in [6.07, 6.45) is 6.48. The van der Waals surface area contributed by atoms with Gasteiger partial charge in [-0.3, -0.25) is 9.59 Å². The van der Waals surface area contributed by atoms with Gasteiger partial charge in [0.25, 0.3) is 0 Å². The maximum Gasteiger partial charge on any atom is 0.321 e. The fraction of sp³-hybridized carbons (Fsp3) is 0.600. The van der Waals surface area contributed by atoms with Crippen molar-refractivity contribution in [1.82, 2.24) is 4.72 Å². The molecule has 5 rings (SSSR count). The average molecular weight is 470 g/mol. The Balaban J connectivity index is 1.29. The van der Waals surface area contributed by atoms with Gasteiger partial charge in [-0.1, -0.05) is 22.0 Å². The molecule has 4 fully saturated rings. The van der Waals surface area contributed by atoms with E-state index in [1.807, 2.05) is 0 Å². The van der Waals surface area contributed by atoms with Crippen LogP contribution < -0.4 is 4.72 Å². The number of carbonyl (C=O) groups excluding carboxylic acids is 2. The van der Waals surface area contributed by atoms with E-state index < -0.39 is 22.5 Å². The van der Waals surface area contributed by atoms with Crippen molar-refractivity contribution in [2.24, 2.45) is 23.2 Å². The minimum Gasteiger partial charge on any atom is -0.457 e. The number of carbonyl (C=O) groups is 2. The van der Waals surface area contributed by atoms with Crippen LogP contribution in [0.15, 0.2) is 33.6 Å². The highest BCUT2D eigenvalue weighted by atomic mass is 79.9. The SMILES string of the molecule is O=C(CNS(=O)(=O)c1cccc(Br)c1)OCC(=O)C12CC3CC(CC(C3)C1)C2. The summed E-state index contributed by atoms with van der Waals surface area (Å²) in [5.74, 6) is 1.19. The summed E-state index contributed by atoms with van der Waals surface area (Å²) in [4.78, 5) is 24.9. The van der Waals surface area contributed by atoms with Crippen molar-refractivity contribution in [3.63, 3.8) is 0 Å². The van der Waals surface area contributed by atoms with E-state index in [1.54, 1.807) is 12.1 Å². The first kappa shape index (κ1) is 20.0. The molecule has 0 radical (unpaired) electrons. The molecule has 0 heterocycles. The van der Waals surface area contributed by atoms with Gasteiger partial charge in [0, 0.05) is 9.89 Å². The summed E-state index contributed by atoms with van der Waals surface area (Å²) >= 11 is 3.22. The van der Waals surface area contributed by atoms with Crippen molar-refractivity contribution in [3.05, 3.63) is 28.7 Å². The number of sulfonamides is 1. The molecule has 1 aromatic carbocycles. The van der Waals surface area contributed by atoms with Crippen LogP contribution in [-0.4, -0.2) is 33.3 Å². The molecule has 4 aliphatic rings. The van der Waals surface area contributed by atoms with E-state index in [0.717, 1.165) is 19.3 Å². The number of ether oxygens (including phenoxy) is 1. The molecule has 4 bridgehead atoms. The predicted octanol–water partition coefficient (Wildman–Crippen LogP) is 3.06. The molecule has 0 atom stereocenters. The van der Waals surface area contributed by atoms with Gasteiger partial charge >= 0.3 is 5.97 Å². The molecule has 152 valence electrons. The first-order valence-electron chi connectivity index (χ1n) is 9.70. The van der Waals surface area contributed by atoms with E-state index >= 15 is 0 Å². The molecule has 0 saturated heterocycles. The maximum atomic E-state index is 12.8. The van der Waals surface area contributed by atoms with Gasteiger partial charge in [0.15, 0.2) is 12.4 Å². The Morgan fingerprint density at radius 3 is 2.29 bits per heavy atom. The van der Waals surface area contributed by atoms with Crippen LogP contribution in [0.2, 0.25) is 0 Å². The summed E-state index contributed by atoms with van der Waals surface area (Å²) in [5.41, 5.74) is -0.315. The molecule has 8 heteroatoms. The van der Waals surface area contributed by atoms with E-state index in [-0.39, 0.29) is 22.7 Å². The van der Waals surface area contributed by atoms with Crippen LogP contribution in [0.4, 0.5) is 0 Å². The number of benzene rings is 1. The maximum absolute atomic E-state index is 12.8. The third-order valence-electron chi connectivity index (χ3n) is 6.51. The van der Waals surface area contributed by atoms with E-state index in [0.29, 0.717) is 22.2 Å². The average Bonchev–Trinajstić information content (AvgIpc) is 2.63. The van der Waals surface area contributed by atoms with Crippen LogP contribution >= 0.6 is 15.9 Å². The second-order valence-electron chi connectivity index (χ2n) is 8.56. The molecule has 0 aromatic heterocycles. The lowest BCUT2D eigenvalue weighted by Crippen LogP contribution is -2.51. The molecule has 0 unspecified atom stereocenters. The molecule has 0 spiro atoms. The Kier molecular flexibility index (Phi) is 5.39. The summed E-state index contributed by atoms with van der Waals surface area (Å²) in [7, 11) is -3.82. The van der Waals surface area contributed by atoms with Gasteiger partial charge in [0.05, 0.1) is 4.90 Å². The third-order valence-corrected chi connectivity index (χ3v) is 8.40. The van der Waals surface area contributed by atoms with Crippen LogP contribution in [0.3, 0.4) is 0 Å². The molecule has 0 amide bonds. The molecule has 4 aliphatic carbocycles. The zero-order chi connectivity index (χ0) is 19.9. The first-order chi connectivity index (χ1) is 13.3. The molecule has 6 nitrogen and oxygen atoms in total. The topological polar surface area (TPSA) is 89.5 Å². The molecule has 4 saturated carbocycles. The van der Waals surface area contributed by atoms with Crippen molar-refractivity contribution in [3.8, 4) is 0 Å². The largest absolute Gasteiger partial charge is 0.457 e. The van der Waals surface area contributed by atoms with Gasteiger partial charge in [0.2, 0.25) is 10.0 Å². The Morgan fingerprint density at radius 1 is 1.11 bits per heavy atom. The summed E-state index contributed by atoms with van der Waals surface area (Å²) < 4.78 is 32.5. The van der Waals surface area contributed by atoms with Gasteiger partial charge in [0.1, 0.15) is 6.54 Å². The molecular formula is C20H24BrNO5S. The predicted molar refractivity (Wildman–Crippen MR) is 106 cm³/mol. The minimum atomic E-state index is -3.82. The Bertz CT molecular complexity index is 862. The van der Waals surface area contributed by atoms with Crippen LogP contribution in [0.5, 0.6) is 0 Å². The Hall–Kier alpha value is -1.25. The van der Waals surface area contributed by atoms with Gasteiger partial charge in [-0.15, -0.1) is 0 Å². The van der Waals surface area contributed by atoms with Crippen molar-refractivity contribution < 1.29 is 22.7 Å². The fourth-order valence-electron chi connectivity index (χ4n) is 5.67. The standard InChI is InChI=1S/C20H24BrNO5S/c21-16-2-1-3-17(7-16)28(25,26)22-11-19(24)27-12-18(23)20-8-13-4-14(9-20)6-15(5-13)10-20/h1-3,7,13-15,22H,4-6,8-12H2. The number of ketones is 1. The number of Topliss-reactive ketones (excluding diaryl/α,β-unsaturated/α-hetero) is 1. The highest BCUT2D eigenvalue weighted by Gasteiger charge is 2.54. The lowest BCUT2D eigenvalue weighted by molar-refractivity contribution is -0.157. The first-order valence-corrected chi connectivity index (χ1v) is 12.0. The van der Waals surface area contributed by atoms with E-state index in [2.05, 4.69) is 20.7 Å². The van der Waals surface area contributed by atoms with Crippen LogP contribution in [-0.2, 0) is 24.3 Å². The number of nitrogens with one attached hydrogen (secondary N) is 1. The lowest BCUT2D eigenvalue weighted by Gasteiger charge is -2.55. The van der Waals surface area contributed by atoms with Crippen molar-refractivity contribution in [2.45, 2.75) is 43.4 Å². The quantitative estimate of drug-likeness (QED) is 0.619.